The number of benzene rings is 1. The first-order valence-electron chi connectivity index (χ1n) is 7.93. The van der Waals surface area contributed by atoms with Crippen molar-refractivity contribution in [3.63, 3.8) is 0 Å². The van der Waals surface area contributed by atoms with Gasteiger partial charge in [0.1, 0.15) is 0 Å². The lowest BCUT2D eigenvalue weighted by atomic mass is 9.99. The number of nitrogens with one attached hydrogen (secondary N) is 1. The Morgan fingerprint density at radius 3 is 2.58 bits per heavy atom. The zero-order valence-electron chi connectivity index (χ0n) is 14.2. The Labute approximate surface area is 153 Å². The Bertz CT molecular complexity index is 602. The molecule has 7 heteroatoms. The summed E-state index contributed by atoms with van der Waals surface area (Å²) in [6, 6.07) is 5.53. The van der Waals surface area contributed by atoms with Crippen molar-refractivity contribution < 1.29 is 9.53 Å². The van der Waals surface area contributed by atoms with Crippen LogP contribution in [-0.4, -0.2) is 50.6 Å². The van der Waals surface area contributed by atoms with Gasteiger partial charge in [0.05, 0.1) is 13.0 Å². The highest BCUT2D eigenvalue weighted by molar-refractivity contribution is 6.34. The molecule has 24 heavy (non-hydrogen) atoms. The van der Waals surface area contributed by atoms with Crippen molar-refractivity contribution in [2.75, 3.05) is 33.8 Å². The zero-order chi connectivity index (χ0) is 17.7. The van der Waals surface area contributed by atoms with E-state index in [-0.39, 0.29) is 17.8 Å². The standard InChI is InChI=1S/C17H23Cl2N3O2/c1-11-9-22(10-15(11)16(23)24-3)17(20-2)21-5-4-12-6-13(18)8-14(19)7-12/h6-8,11,15H,4-5,9-10H2,1-3H3,(H,20,21). The maximum absolute atomic E-state index is 11.8. The summed E-state index contributed by atoms with van der Waals surface area (Å²) < 4.78 is 4.88. The second kappa shape index (κ2) is 8.58. The van der Waals surface area contributed by atoms with Crippen LogP contribution in [0.2, 0.25) is 10.0 Å². The topological polar surface area (TPSA) is 53.9 Å². The number of rotatable bonds is 4. The van der Waals surface area contributed by atoms with Gasteiger partial charge in [-0.25, -0.2) is 0 Å². The lowest BCUT2D eigenvalue weighted by molar-refractivity contribution is -0.145. The summed E-state index contributed by atoms with van der Waals surface area (Å²) in [5.41, 5.74) is 1.07. The van der Waals surface area contributed by atoms with E-state index in [0.29, 0.717) is 23.1 Å². The Morgan fingerprint density at radius 1 is 1.33 bits per heavy atom. The van der Waals surface area contributed by atoms with Crippen LogP contribution in [0, 0.1) is 11.8 Å². The van der Waals surface area contributed by atoms with Gasteiger partial charge in [-0.15, -0.1) is 0 Å². The van der Waals surface area contributed by atoms with Crippen molar-refractivity contribution in [3.8, 4) is 0 Å². The smallest absolute Gasteiger partial charge is 0.310 e. The van der Waals surface area contributed by atoms with E-state index in [9.17, 15) is 4.79 Å². The molecule has 0 aliphatic carbocycles. The molecule has 0 aromatic heterocycles. The second-order valence-corrected chi connectivity index (χ2v) is 6.89. The van der Waals surface area contributed by atoms with Crippen molar-refractivity contribution in [2.24, 2.45) is 16.8 Å². The monoisotopic (exact) mass is 371 g/mol. The number of carbonyl (C=O) groups is 1. The SMILES string of the molecule is CN=C(NCCc1cc(Cl)cc(Cl)c1)N1CC(C)C(C(=O)OC)C1. The average Bonchev–Trinajstić information content (AvgIpc) is 2.91. The molecule has 0 bridgehead atoms. The van der Waals surface area contributed by atoms with Gasteiger partial charge in [0, 0.05) is 36.7 Å². The lowest BCUT2D eigenvalue weighted by Crippen LogP contribution is -2.41. The van der Waals surface area contributed by atoms with Crippen LogP contribution in [-0.2, 0) is 16.0 Å². The molecule has 0 amide bonds. The van der Waals surface area contributed by atoms with E-state index in [2.05, 4.69) is 22.1 Å². The average molecular weight is 372 g/mol. The number of halogens is 2. The minimum atomic E-state index is -0.158. The number of guanidine groups is 1. The Balaban J connectivity index is 1.90. The van der Waals surface area contributed by atoms with Gasteiger partial charge in [-0.05, 0) is 36.1 Å². The fourth-order valence-corrected chi connectivity index (χ4v) is 3.58. The molecule has 0 radical (unpaired) electrons. The number of aliphatic imine (C=N–C) groups is 1. The predicted molar refractivity (Wildman–Crippen MR) is 97.8 cm³/mol. The zero-order valence-corrected chi connectivity index (χ0v) is 15.7. The van der Waals surface area contributed by atoms with Crippen molar-refractivity contribution in [1.29, 1.82) is 0 Å². The molecule has 1 N–H and O–H groups in total. The molecule has 1 aromatic rings. The number of methoxy groups -OCH3 is 1. The minimum absolute atomic E-state index is 0.111. The van der Waals surface area contributed by atoms with Crippen molar-refractivity contribution in [3.05, 3.63) is 33.8 Å². The van der Waals surface area contributed by atoms with Crippen LogP contribution in [0.5, 0.6) is 0 Å². The molecule has 1 heterocycles. The minimum Gasteiger partial charge on any atom is -0.469 e. The van der Waals surface area contributed by atoms with Crippen LogP contribution in [0.4, 0.5) is 0 Å². The largest absolute Gasteiger partial charge is 0.469 e. The van der Waals surface area contributed by atoms with Crippen molar-refractivity contribution in [2.45, 2.75) is 13.3 Å². The van der Waals surface area contributed by atoms with Crippen LogP contribution in [0.15, 0.2) is 23.2 Å². The van der Waals surface area contributed by atoms with Crippen molar-refractivity contribution in [1.82, 2.24) is 10.2 Å². The summed E-state index contributed by atoms with van der Waals surface area (Å²) in [4.78, 5) is 18.2. The van der Waals surface area contributed by atoms with Gasteiger partial charge in [0.2, 0.25) is 0 Å². The Hall–Kier alpha value is -1.46. The molecule has 2 atom stereocenters. The molecule has 0 spiro atoms. The molecular weight excluding hydrogens is 349 g/mol. The van der Waals surface area contributed by atoms with Crippen molar-refractivity contribution >= 4 is 35.1 Å². The van der Waals surface area contributed by atoms with Gasteiger partial charge in [-0.1, -0.05) is 30.1 Å². The van der Waals surface area contributed by atoms with Gasteiger partial charge in [-0.2, -0.15) is 0 Å². The van der Waals surface area contributed by atoms with Gasteiger partial charge >= 0.3 is 5.97 Å². The van der Waals surface area contributed by atoms with E-state index >= 15 is 0 Å². The van der Waals surface area contributed by atoms with E-state index in [0.717, 1.165) is 24.5 Å². The summed E-state index contributed by atoms with van der Waals surface area (Å²) in [5.74, 6) is 0.762. The van der Waals surface area contributed by atoms with Gasteiger partial charge < -0.3 is 15.0 Å². The second-order valence-electron chi connectivity index (χ2n) is 6.01. The molecule has 1 aromatic carbocycles. The summed E-state index contributed by atoms with van der Waals surface area (Å²) in [5, 5.41) is 4.61. The molecule has 1 aliphatic heterocycles. The van der Waals surface area contributed by atoms with E-state index in [4.69, 9.17) is 27.9 Å². The molecule has 2 unspecified atom stereocenters. The van der Waals surface area contributed by atoms with Crippen LogP contribution in [0.25, 0.3) is 0 Å². The van der Waals surface area contributed by atoms with Gasteiger partial charge in [0.25, 0.3) is 0 Å². The number of hydrogen-bond acceptors (Lipinski definition) is 3. The lowest BCUT2D eigenvalue weighted by Gasteiger charge is -2.21. The molecular formula is C17H23Cl2N3O2. The number of carbonyl (C=O) groups excluding carboxylic acids is 1. The number of hydrogen-bond donors (Lipinski definition) is 1. The number of ether oxygens (including phenoxy) is 1. The van der Waals surface area contributed by atoms with E-state index in [1.165, 1.54) is 7.11 Å². The summed E-state index contributed by atoms with van der Waals surface area (Å²) in [6.45, 7) is 4.17. The third kappa shape index (κ3) is 4.77. The normalized spacial score (nSPS) is 21.0. The number of esters is 1. The fraction of sp³-hybridized carbons (Fsp3) is 0.529. The first kappa shape index (κ1) is 18.9. The molecule has 2 rings (SSSR count). The summed E-state index contributed by atoms with van der Waals surface area (Å²) >= 11 is 12.0. The Kier molecular flexibility index (Phi) is 6.75. The molecule has 1 saturated heterocycles. The Morgan fingerprint density at radius 2 is 2.00 bits per heavy atom. The quantitative estimate of drug-likeness (QED) is 0.502. The number of nitrogens with zero attached hydrogens (tertiary/aromatic N) is 2. The van der Waals surface area contributed by atoms with E-state index < -0.39 is 0 Å². The first-order valence-corrected chi connectivity index (χ1v) is 8.68. The molecule has 0 saturated carbocycles. The van der Waals surface area contributed by atoms with Gasteiger partial charge in [0.15, 0.2) is 5.96 Å². The van der Waals surface area contributed by atoms with E-state index in [1.54, 1.807) is 13.1 Å². The molecule has 1 aliphatic rings. The fourth-order valence-electron chi connectivity index (χ4n) is 3.00. The first-order chi connectivity index (χ1) is 11.4. The summed E-state index contributed by atoms with van der Waals surface area (Å²) in [7, 11) is 3.18. The number of likely N-dealkylation sites (tertiary alicyclic amines) is 1. The van der Waals surface area contributed by atoms with Crippen LogP contribution in [0.1, 0.15) is 12.5 Å². The third-order valence-electron chi connectivity index (χ3n) is 4.25. The molecule has 132 valence electrons. The van der Waals surface area contributed by atoms with Crippen LogP contribution in [0.3, 0.4) is 0 Å². The maximum Gasteiger partial charge on any atom is 0.310 e. The third-order valence-corrected chi connectivity index (χ3v) is 4.68. The predicted octanol–water partition coefficient (Wildman–Crippen LogP) is 2.85. The highest BCUT2D eigenvalue weighted by atomic mass is 35.5. The van der Waals surface area contributed by atoms with E-state index in [1.807, 2.05) is 12.1 Å². The highest BCUT2D eigenvalue weighted by Crippen LogP contribution is 2.24. The molecule has 1 fully saturated rings. The van der Waals surface area contributed by atoms with Crippen LogP contribution < -0.4 is 5.32 Å². The highest BCUT2D eigenvalue weighted by Gasteiger charge is 2.36. The molecule has 5 nitrogen and oxygen atoms in total. The van der Waals surface area contributed by atoms with Gasteiger partial charge in [-0.3, -0.25) is 9.79 Å². The van der Waals surface area contributed by atoms with Crippen LogP contribution >= 0.6 is 23.2 Å². The maximum atomic E-state index is 11.8. The summed E-state index contributed by atoms with van der Waals surface area (Å²) in [6.07, 6.45) is 0.781.